The van der Waals surface area contributed by atoms with E-state index in [0.717, 1.165) is 15.6 Å². The lowest BCUT2D eigenvalue weighted by Crippen LogP contribution is -2.23. The summed E-state index contributed by atoms with van der Waals surface area (Å²) in [4.78, 5) is 0. The van der Waals surface area contributed by atoms with Crippen molar-refractivity contribution in [2.75, 3.05) is 7.11 Å². The molecule has 2 aromatic rings. The molecule has 0 heterocycles. The van der Waals surface area contributed by atoms with Gasteiger partial charge in [0.25, 0.3) is 0 Å². The fourth-order valence-electron chi connectivity index (χ4n) is 1.80. The molecule has 0 aliphatic rings. The monoisotopic (exact) mass is 393 g/mol. The van der Waals surface area contributed by atoms with Gasteiger partial charge in [-0.05, 0) is 53.7 Å². The number of thiocarbonyl (C=S) groups is 1. The molecule has 0 spiro atoms. The quantitative estimate of drug-likeness (QED) is 0.448. The summed E-state index contributed by atoms with van der Waals surface area (Å²) in [5.41, 5.74) is 9.71. The van der Waals surface area contributed by atoms with Gasteiger partial charge in [0.2, 0.25) is 0 Å². The maximum absolute atomic E-state index is 5.81. The highest BCUT2D eigenvalue weighted by atomic mass is 79.9. The SMILES string of the molecule is COc1cc(/C=N\NC(N)=S)ccc1OCc1ccc(Br)cc1. The first-order valence-electron chi connectivity index (χ1n) is 6.72. The Morgan fingerprint density at radius 1 is 1.26 bits per heavy atom. The summed E-state index contributed by atoms with van der Waals surface area (Å²) in [7, 11) is 1.59. The van der Waals surface area contributed by atoms with Crippen LogP contribution in [0.1, 0.15) is 11.1 Å². The van der Waals surface area contributed by atoms with E-state index in [9.17, 15) is 0 Å². The summed E-state index contributed by atoms with van der Waals surface area (Å²) in [5.74, 6) is 1.29. The van der Waals surface area contributed by atoms with Crippen LogP contribution in [0, 0.1) is 0 Å². The number of rotatable bonds is 6. The Hall–Kier alpha value is -2.12. The van der Waals surface area contributed by atoms with Crippen LogP contribution in [0.15, 0.2) is 52.0 Å². The molecule has 3 N–H and O–H groups in total. The highest BCUT2D eigenvalue weighted by Gasteiger charge is 2.05. The van der Waals surface area contributed by atoms with Crippen LogP contribution >= 0.6 is 28.1 Å². The minimum absolute atomic E-state index is 0.114. The molecule has 2 aromatic carbocycles. The average molecular weight is 394 g/mol. The van der Waals surface area contributed by atoms with Gasteiger partial charge in [-0.2, -0.15) is 5.10 Å². The van der Waals surface area contributed by atoms with Crippen molar-refractivity contribution in [2.24, 2.45) is 10.8 Å². The predicted octanol–water partition coefficient (Wildman–Crippen LogP) is 3.20. The Kier molecular flexibility index (Phi) is 6.37. The number of ether oxygens (including phenoxy) is 2. The minimum Gasteiger partial charge on any atom is -0.493 e. The lowest BCUT2D eigenvalue weighted by atomic mass is 10.2. The Morgan fingerprint density at radius 3 is 2.65 bits per heavy atom. The van der Waals surface area contributed by atoms with E-state index in [1.54, 1.807) is 13.3 Å². The zero-order valence-corrected chi connectivity index (χ0v) is 14.9. The van der Waals surface area contributed by atoms with E-state index in [1.807, 2.05) is 42.5 Å². The molecule has 0 saturated carbocycles. The highest BCUT2D eigenvalue weighted by Crippen LogP contribution is 2.28. The van der Waals surface area contributed by atoms with Crippen molar-refractivity contribution in [1.82, 2.24) is 5.43 Å². The Labute approximate surface area is 148 Å². The Morgan fingerprint density at radius 2 is 2.00 bits per heavy atom. The van der Waals surface area contributed by atoms with Gasteiger partial charge in [-0.15, -0.1) is 0 Å². The van der Waals surface area contributed by atoms with Crippen LogP contribution in [0.5, 0.6) is 11.5 Å². The third-order valence-corrected chi connectivity index (χ3v) is 3.50. The van der Waals surface area contributed by atoms with Gasteiger partial charge in [0, 0.05) is 4.47 Å². The Balaban J connectivity index is 2.05. The van der Waals surface area contributed by atoms with E-state index in [0.29, 0.717) is 18.1 Å². The molecule has 0 amide bonds. The first-order valence-corrected chi connectivity index (χ1v) is 7.92. The van der Waals surface area contributed by atoms with Crippen LogP contribution < -0.4 is 20.6 Å². The normalized spacial score (nSPS) is 10.5. The molecule has 0 unspecified atom stereocenters. The van der Waals surface area contributed by atoms with Crippen LogP contribution in [-0.2, 0) is 6.61 Å². The zero-order valence-electron chi connectivity index (χ0n) is 12.5. The summed E-state index contributed by atoms with van der Waals surface area (Å²) in [6.45, 7) is 0.458. The lowest BCUT2D eigenvalue weighted by Gasteiger charge is -2.11. The summed E-state index contributed by atoms with van der Waals surface area (Å²) >= 11 is 8.08. The smallest absolute Gasteiger partial charge is 0.184 e. The number of hydrogen-bond donors (Lipinski definition) is 2. The number of nitrogens with zero attached hydrogens (tertiary/aromatic N) is 1. The number of nitrogens with two attached hydrogens (primary N) is 1. The van der Waals surface area contributed by atoms with Gasteiger partial charge >= 0.3 is 0 Å². The standard InChI is InChI=1S/C16H16BrN3O2S/c1-21-15-8-12(9-19-20-16(18)23)4-7-14(15)22-10-11-2-5-13(17)6-3-11/h2-9H,10H2,1H3,(H3,18,20,23)/b19-9-. The van der Waals surface area contributed by atoms with Crippen molar-refractivity contribution in [3.8, 4) is 11.5 Å². The number of benzene rings is 2. The second-order valence-corrected chi connectivity index (χ2v) is 5.92. The van der Waals surface area contributed by atoms with Crippen molar-refractivity contribution >= 4 is 39.5 Å². The van der Waals surface area contributed by atoms with Crippen molar-refractivity contribution < 1.29 is 9.47 Å². The van der Waals surface area contributed by atoms with Gasteiger partial charge in [0.1, 0.15) is 6.61 Å². The zero-order chi connectivity index (χ0) is 16.7. The molecule has 0 radical (unpaired) electrons. The highest BCUT2D eigenvalue weighted by molar-refractivity contribution is 9.10. The molecule has 0 atom stereocenters. The van der Waals surface area contributed by atoms with Gasteiger partial charge in [-0.25, -0.2) is 0 Å². The molecule has 5 nitrogen and oxygen atoms in total. The van der Waals surface area contributed by atoms with E-state index < -0.39 is 0 Å². The van der Waals surface area contributed by atoms with Crippen molar-refractivity contribution in [1.29, 1.82) is 0 Å². The number of nitrogens with one attached hydrogen (secondary N) is 1. The molecule has 2 rings (SSSR count). The van der Waals surface area contributed by atoms with Crippen molar-refractivity contribution in [3.63, 3.8) is 0 Å². The van der Waals surface area contributed by atoms with E-state index in [2.05, 4.69) is 38.7 Å². The topological polar surface area (TPSA) is 68.9 Å². The lowest BCUT2D eigenvalue weighted by molar-refractivity contribution is 0.284. The van der Waals surface area contributed by atoms with Crippen LogP contribution in [0.25, 0.3) is 0 Å². The van der Waals surface area contributed by atoms with E-state index in [-0.39, 0.29) is 5.11 Å². The molecular weight excluding hydrogens is 378 g/mol. The van der Waals surface area contributed by atoms with Crippen LogP contribution in [0.2, 0.25) is 0 Å². The molecule has 0 bridgehead atoms. The van der Waals surface area contributed by atoms with Crippen molar-refractivity contribution in [3.05, 3.63) is 58.1 Å². The van der Waals surface area contributed by atoms with E-state index in [1.165, 1.54) is 0 Å². The van der Waals surface area contributed by atoms with Crippen LogP contribution in [-0.4, -0.2) is 18.4 Å². The van der Waals surface area contributed by atoms with E-state index in [4.69, 9.17) is 15.2 Å². The van der Waals surface area contributed by atoms with Gasteiger partial charge in [-0.1, -0.05) is 28.1 Å². The number of halogens is 1. The molecule has 0 fully saturated rings. The fraction of sp³-hybridized carbons (Fsp3) is 0.125. The first kappa shape index (κ1) is 17.2. The predicted molar refractivity (Wildman–Crippen MR) is 99.0 cm³/mol. The average Bonchev–Trinajstić information content (AvgIpc) is 2.54. The van der Waals surface area contributed by atoms with Crippen LogP contribution in [0.3, 0.4) is 0 Å². The second-order valence-electron chi connectivity index (χ2n) is 4.56. The van der Waals surface area contributed by atoms with Gasteiger partial charge < -0.3 is 15.2 Å². The number of hydrazone groups is 1. The molecule has 120 valence electrons. The number of methoxy groups -OCH3 is 1. The summed E-state index contributed by atoms with van der Waals surface area (Å²) in [6, 6.07) is 13.5. The van der Waals surface area contributed by atoms with Crippen LogP contribution in [0.4, 0.5) is 0 Å². The minimum atomic E-state index is 0.114. The second kappa shape index (κ2) is 8.50. The largest absolute Gasteiger partial charge is 0.493 e. The third-order valence-electron chi connectivity index (χ3n) is 2.88. The molecular formula is C16H16BrN3O2S. The first-order chi connectivity index (χ1) is 11.1. The summed E-state index contributed by atoms with van der Waals surface area (Å²) in [6.07, 6.45) is 1.60. The molecule has 0 aliphatic carbocycles. The molecule has 0 saturated heterocycles. The van der Waals surface area contributed by atoms with Gasteiger partial charge in [0.05, 0.1) is 13.3 Å². The van der Waals surface area contributed by atoms with Crippen molar-refractivity contribution in [2.45, 2.75) is 6.61 Å². The summed E-state index contributed by atoms with van der Waals surface area (Å²) in [5, 5.41) is 4.02. The molecule has 7 heteroatoms. The molecule has 0 aromatic heterocycles. The molecule has 23 heavy (non-hydrogen) atoms. The number of hydrogen-bond acceptors (Lipinski definition) is 4. The maximum atomic E-state index is 5.81. The fourth-order valence-corrected chi connectivity index (χ4v) is 2.11. The Bertz CT molecular complexity index is 705. The van der Waals surface area contributed by atoms with Gasteiger partial charge in [-0.3, -0.25) is 5.43 Å². The maximum Gasteiger partial charge on any atom is 0.184 e. The summed E-state index contributed by atoms with van der Waals surface area (Å²) < 4.78 is 12.2. The van der Waals surface area contributed by atoms with E-state index >= 15 is 0 Å². The third kappa shape index (κ3) is 5.54. The van der Waals surface area contributed by atoms with Gasteiger partial charge in [0.15, 0.2) is 16.6 Å². The molecule has 0 aliphatic heterocycles.